The Hall–Kier alpha value is -0.990. The summed E-state index contributed by atoms with van der Waals surface area (Å²) in [5.74, 6) is -0.178. The average molecular weight is 241 g/mol. The van der Waals surface area contributed by atoms with E-state index in [4.69, 9.17) is 0 Å². The Balaban J connectivity index is 2.99. The second kappa shape index (κ2) is 6.67. The van der Waals surface area contributed by atoms with Gasteiger partial charge in [0.1, 0.15) is 5.83 Å². The minimum atomic E-state index is -1.28. The van der Waals surface area contributed by atoms with Crippen LogP contribution in [0.25, 0.3) is 0 Å². The lowest BCUT2D eigenvalue weighted by Gasteiger charge is -2.23. The van der Waals surface area contributed by atoms with E-state index in [9.17, 15) is 8.78 Å². The highest BCUT2D eigenvalue weighted by Gasteiger charge is 2.26. The summed E-state index contributed by atoms with van der Waals surface area (Å²) in [6.07, 6.45) is 4.38. The third kappa shape index (κ3) is 3.48. The number of aliphatic imine (C=N–C) groups is 1. The van der Waals surface area contributed by atoms with Crippen molar-refractivity contribution in [3.8, 4) is 0 Å². The van der Waals surface area contributed by atoms with Gasteiger partial charge >= 0.3 is 0 Å². The van der Waals surface area contributed by atoms with Gasteiger partial charge in [-0.3, -0.25) is 4.99 Å². The van der Waals surface area contributed by atoms with E-state index in [1.54, 1.807) is 13.0 Å². The molecule has 0 aromatic carbocycles. The van der Waals surface area contributed by atoms with Gasteiger partial charge in [0.05, 0.1) is 11.8 Å². The fourth-order valence-electron chi connectivity index (χ4n) is 2.16. The summed E-state index contributed by atoms with van der Waals surface area (Å²) in [5, 5.41) is 0. The van der Waals surface area contributed by atoms with Gasteiger partial charge in [-0.25, -0.2) is 8.78 Å². The van der Waals surface area contributed by atoms with Crippen LogP contribution in [0.3, 0.4) is 0 Å². The van der Waals surface area contributed by atoms with Gasteiger partial charge in [-0.05, 0) is 25.8 Å². The molecule has 0 amide bonds. The van der Waals surface area contributed by atoms with Crippen LogP contribution in [-0.2, 0) is 0 Å². The molecule has 1 rings (SSSR count). The van der Waals surface area contributed by atoms with Crippen LogP contribution >= 0.6 is 0 Å². The standard InChI is InChI=1S/C14H21F2N/c1-4-7-10-9-13(16)11(6-3)14(17-10)12(15)8-5-2/h5,8,10,12H,4,6-7,9H2,1-3H3/b8-5+. The molecule has 0 aromatic heterocycles. The number of rotatable bonds is 5. The topological polar surface area (TPSA) is 12.4 Å². The number of hydrogen-bond donors (Lipinski definition) is 0. The molecule has 1 aliphatic rings. The molecule has 2 unspecified atom stereocenters. The zero-order valence-electron chi connectivity index (χ0n) is 10.8. The predicted molar refractivity (Wildman–Crippen MR) is 68.9 cm³/mol. The van der Waals surface area contributed by atoms with E-state index in [-0.39, 0.29) is 11.9 Å². The molecule has 0 spiro atoms. The SMILES string of the molecule is C/C=C/C(F)C1=NC(CCC)CC(F)=C1CC. The fraction of sp³-hybridized carbons (Fsp3) is 0.643. The largest absolute Gasteiger partial charge is 0.282 e. The second-order valence-electron chi connectivity index (χ2n) is 4.33. The van der Waals surface area contributed by atoms with E-state index in [1.165, 1.54) is 6.08 Å². The molecule has 1 nitrogen and oxygen atoms in total. The lowest BCUT2D eigenvalue weighted by molar-refractivity contribution is 0.461. The lowest BCUT2D eigenvalue weighted by atomic mass is 9.94. The highest BCUT2D eigenvalue weighted by molar-refractivity contribution is 6.05. The van der Waals surface area contributed by atoms with Crippen molar-refractivity contribution in [2.45, 2.75) is 58.7 Å². The molecule has 0 fully saturated rings. The van der Waals surface area contributed by atoms with E-state index in [0.29, 0.717) is 24.1 Å². The van der Waals surface area contributed by atoms with Crippen molar-refractivity contribution in [3.63, 3.8) is 0 Å². The highest BCUT2D eigenvalue weighted by Crippen LogP contribution is 2.28. The van der Waals surface area contributed by atoms with E-state index in [0.717, 1.165) is 12.8 Å². The monoisotopic (exact) mass is 241 g/mol. The first-order valence-electron chi connectivity index (χ1n) is 6.36. The normalized spacial score (nSPS) is 23.1. The summed E-state index contributed by atoms with van der Waals surface area (Å²) >= 11 is 0. The first kappa shape index (κ1) is 14.1. The fourth-order valence-corrected chi connectivity index (χ4v) is 2.16. The molecule has 0 N–H and O–H groups in total. The van der Waals surface area contributed by atoms with E-state index >= 15 is 0 Å². The zero-order chi connectivity index (χ0) is 12.8. The maximum atomic E-state index is 13.9. The van der Waals surface area contributed by atoms with Crippen molar-refractivity contribution in [1.82, 2.24) is 0 Å². The molecule has 0 radical (unpaired) electrons. The van der Waals surface area contributed by atoms with Crippen LogP contribution in [0.1, 0.15) is 46.5 Å². The van der Waals surface area contributed by atoms with Crippen molar-refractivity contribution in [2.75, 3.05) is 0 Å². The second-order valence-corrected chi connectivity index (χ2v) is 4.33. The third-order valence-corrected chi connectivity index (χ3v) is 2.97. The first-order valence-corrected chi connectivity index (χ1v) is 6.36. The molecular formula is C14H21F2N. The van der Waals surface area contributed by atoms with Crippen LogP contribution < -0.4 is 0 Å². The molecule has 0 aromatic rings. The Morgan fingerprint density at radius 3 is 2.71 bits per heavy atom. The van der Waals surface area contributed by atoms with Gasteiger partial charge in [0, 0.05) is 12.0 Å². The number of hydrogen-bond acceptors (Lipinski definition) is 1. The van der Waals surface area contributed by atoms with Crippen molar-refractivity contribution < 1.29 is 8.78 Å². The smallest absolute Gasteiger partial charge is 0.160 e. The van der Waals surface area contributed by atoms with Gasteiger partial charge in [-0.15, -0.1) is 0 Å². The van der Waals surface area contributed by atoms with E-state index in [1.807, 2.05) is 13.8 Å². The Morgan fingerprint density at radius 2 is 2.18 bits per heavy atom. The summed E-state index contributed by atoms with van der Waals surface area (Å²) in [4.78, 5) is 4.39. The molecular weight excluding hydrogens is 220 g/mol. The molecule has 2 atom stereocenters. The Morgan fingerprint density at radius 1 is 1.47 bits per heavy atom. The van der Waals surface area contributed by atoms with Gasteiger partial charge in [-0.1, -0.05) is 26.3 Å². The summed E-state index contributed by atoms with van der Waals surface area (Å²) in [7, 11) is 0. The van der Waals surface area contributed by atoms with Crippen molar-refractivity contribution >= 4 is 5.71 Å². The summed E-state index contributed by atoms with van der Waals surface area (Å²) in [5.41, 5.74) is 0.760. The Labute approximate surface area is 102 Å². The first-order chi connectivity index (χ1) is 8.13. The van der Waals surface area contributed by atoms with E-state index in [2.05, 4.69) is 4.99 Å². The molecule has 0 bridgehead atoms. The molecule has 3 heteroatoms. The Kier molecular flexibility index (Phi) is 5.52. The quantitative estimate of drug-likeness (QED) is 0.626. The number of alkyl halides is 1. The van der Waals surface area contributed by atoms with Crippen LogP contribution in [0, 0.1) is 0 Å². The maximum Gasteiger partial charge on any atom is 0.160 e. The molecule has 0 saturated heterocycles. The van der Waals surface area contributed by atoms with Gasteiger partial charge < -0.3 is 0 Å². The lowest BCUT2D eigenvalue weighted by Crippen LogP contribution is -2.25. The summed E-state index contributed by atoms with van der Waals surface area (Å²) in [6.45, 7) is 5.63. The summed E-state index contributed by atoms with van der Waals surface area (Å²) < 4.78 is 27.8. The van der Waals surface area contributed by atoms with Crippen molar-refractivity contribution in [1.29, 1.82) is 0 Å². The van der Waals surface area contributed by atoms with Crippen molar-refractivity contribution in [2.24, 2.45) is 4.99 Å². The highest BCUT2D eigenvalue weighted by atomic mass is 19.1. The van der Waals surface area contributed by atoms with Gasteiger partial charge in [0.25, 0.3) is 0 Å². The molecule has 1 aliphatic heterocycles. The molecule has 1 heterocycles. The molecule has 96 valence electrons. The van der Waals surface area contributed by atoms with Crippen LogP contribution in [0.2, 0.25) is 0 Å². The number of halogens is 2. The van der Waals surface area contributed by atoms with E-state index < -0.39 is 6.17 Å². The third-order valence-electron chi connectivity index (χ3n) is 2.97. The summed E-state index contributed by atoms with van der Waals surface area (Å²) in [6, 6.07) is -0.0891. The van der Waals surface area contributed by atoms with Gasteiger partial charge in [0.2, 0.25) is 0 Å². The predicted octanol–water partition coefficient (Wildman–Crippen LogP) is 4.55. The maximum absolute atomic E-state index is 13.9. The molecule has 0 saturated carbocycles. The molecule has 0 aliphatic carbocycles. The minimum absolute atomic E-state index is 0.0891. The number of nitrogens with zero attached hydrogens (tertiary/aromatic N) is 1. The Bertz CT molecular complexity index is 342. The van der Waals surface area contributed by atoms with Crippen LogP contribution in [0.4, 0.5) is 8.78 Å². The van der Waals surface area contributed by atoms with Crippen LogP contribution in [0.15, 0.2) is 28.5 Å². The van der Waals surface area contributed by atoms with Crippen LogP contribution in [0.5, 0.6) is 0 Å². The van der Waals surface area contributed by atoms with Gasteiger partial charge in [0.15, 0.2) is 6.17 Å². The number of allylic oxidation sites excluding steroid dienone is 3. The zero-order valence-corrected chi connectivity index (χ0v) is 10.8. The van der Waals surface area contributed by atoms with Crippen LogP contribution in [-0.4, -0.2) is 17.9 Å². The minimum Gasteiger partial charge on any atom is -0.282 e. The molecule has 17 heavy (non-hydrogen) atoms. The average Bonchev–Trinajstić information content (AvgIpc) is 2.29. The van der Waals surface area contributed by atoms with Crippen molar-refractivity contribution in [3.05, 3.63) is 23.6 Å². The number of dihydropyridines is 1. The van der Waals surface area contributed by atoms with Gasteiger partial charge in [-0.2, -0.15) is 0 Å².